The lowest BCUT2D eigenvalue weighted by Crippen LogP contribution is -2.17. The molecule has 1 aliphatic heterocycles. The van der Waals surface area contributed by atoms with E-state index in [2.05, 4.69) is 20.9 Å². The maximum atomic E-state index is 12.9. The maximum absolute atomic E-state index is 12.9. The molecule has 0 bridgehead atoms. The van der Waals surface area contributed by atoms with Gasteiger partial charge in [0.2, 0.25) is 5.82 Å². The minimum atomic E-state index is -4.48. The molecule has 128 valence electrons. The monoisotopic (exact) mass is 404 g/mol. The van der Waals surface area contributed by atoms with Crippen LogP contribution in [0.2, 0.25) is 0 Å². The second-order valence-corrected chi connectivity index (χ2v) is 6.23. The van der Waals surface area contributed by atoms with Crippen molar-refractivity contribution >= 4 is 21.9 Å². The predicted molar refractivity (Wildman–Crippen MR) is 82.3 cm³/mol. The first kappa shape index (κ1) is 16.8. The summed E-state index contributed by atoms with van der Waals surface area (Å²) in [7, 11) is 1.50. The molecule has 2 aromatic rings. The van der Waals surface area contributed by atoms with Crippen molar-refractivity contribution < 1.29 is 27.8 Å². The second-order valence-electron chi connectivity index (χ2n) is 5.37. The van der Waals surface area contributed by atoms with Crippen LogP contribution in [0.4, 0.5) is 13.2 Å². The number of ether oxygens (including phenoxy) is 1. The lowest BCUT2D eigenvalue weighted by Gasteiger charge is -2.22. The number of carboxylic acid groups (broad SMARTS) is 1. The van der Waals surface area contributed by atoms with Gasteiger partial charge in [-0.2, -0.15) is 13.2 Å². The van der Waals surface area contributed by atoms with Crippen LogP contribution < -0.4 is 4.74 Å². The summed E-state index contributed by atoms with van der Waals surface area (Å²) in [6, 6.07) is 3.39. The molecule has 5 nitrogen and oxygen atoms in total. The van der Waals surface area contributed by atoms with Crippen LogP contribution in [0.15, 0.2) is 16.6 Å². The molecule has 0 spiro atoms. The van der Waals surface area contributed by atoms with E-state index in [1.165, 1.54) is 11.7 Å². The minimum Gasteiger partial charge on any atom is -0.496 e. The second kappa shape index (κ2) is 5.80. The Labute approximate surface area is 143 Å². The molecule has 24 heavy (non-hydrogen) atoms. The molecule has 1 N–H and O–H groups in total. The van der Waals surface area contributed by atoms with Gasteiger partial charge in [0.15, 0.2) is 0 Å². The third kappa shape index (κ3) is 2.88. The minimum absolute atomic E-state index is 0.203. The lowest BCUT2D eigenvalue weighted by atomic mass is 9.96. The van der Waals surface area contributed by atoms with E-state index in [4.69, 9.17) is 4.74 Å². The Balaban J connectivity index is 2.24. The van der Waals surface area contributed by atoms with Crippen LogP contribution in [0.3, 0.4) is 0 Å². The molecule has 0 saturated carbocycles. The topological polar surface area (TPSA) is 64.3 Å². The predicted octanol–water partition coefficient (Wildman–Crippen LogP) is 3.68. The fraction of sp³-hybridized carbons (Fsp3) is 0.333. The third-order valence-corrected chi connectivity index (χ3v) is 4.46. The number of aromatic nitrogens is 2. The summed E-state index contributed by atoms with van der Waals surface area (Å²) in [6.07, 6.45) is -5.28. The Morgan fingerprint density at radius 2 is 2.17 bits per heavy atom. The molecule has 0 amide bonds. The van der Waals surface area contributed by atoms with E-state index in [0.29, 0.717) is 22.2 Å². The first-order valence-electron chi connectivity index (χ1n) is 6.97. The van der Waals surface area contributed by atoms with Crippen molar-refractivity contribution in [3.63, 3.8) is 0 Å². The number of benzene rings is 1. The molecule has 1 aliphatic rings. The van der Waals surface area contributed by atoms with Crippen LogP contribution in [0.5, 0.6) is 5.75 Å². The smallest absolute Gasteiger partial charge is 0.394 e. The van der Waals surface area contributed by atoms with Gasteiger partial charge in [0.05, 0.1) is 29.4 Å². The van der Waals surface area contributed by atoms with E-state index in [0.717, 1.165) is 5.56 Å². The SMILES string of the molecule is COc1cc2c(cc1Br)-c1c(CC(F)(F)F)nc(C(=O)O)n1CC2. The molecule has 0 saturated heterocycles. The summed E-state index contributed by atoms with van der Waals surface area (Å²) in [4.78, 5) is 15.1. The van der Waals surface area contributed by atoms with Crippen molar-refractivity contribution in [2.75, 3.05) is 7.11 Å². The highest BCUT2D eigenvalue weighted by Crippen LogP contribution is 2.40. The molecule has 1 aromatic heterocycles. The molecule has 9 heteroatoms. The van der Waals surface area contributed by atoms with Crippen molar-refractivity contribution in [1.29, 1.82) is 0 Å². The number of fused-ring (bicyclic) bond motifs is 3. The molecular weight excluding hydrogens is 393 g/mol. The number of aromatic carboxylic acids is 1. The van der Waals surface area contributed by atoms with Gasteiger partial charge in [0.25, 0.3) is 0 Å². The summed E-state index contributed by atoms with van der Waals surface area (Å²) >= 11 is 3.32. The largest absolute Gasteiger partial charge is 0.496 e. The van der Waals surface area contributed by atoms with E-state index in [9.17, 15) is 23.1 Å². The van der Waals surface area contributed by atoms with E-state index in [1.54, 1.807) is 12.1 Å². The summed E-state index contributed by atoms with van der Waals surface area (Å²) in [5.74, 6) is -1.15. The van der Waals surface area contributed by atoms with Crippen LogP contribution >= 0.6 is 15.9 Å². The Hall–Kier alpha value is -2.03. The molecule has 0 fully saturated rings. The molecule has 0 atom stereocenters. The number of hydrogen-bond acceptors (Lipinski definition) is 3. The van der Waals surface area contributed by atoms with Gasteiger partial charge < -0.3 is 14.4 Å². The van der Waals surface area contributed by atoms with Gasteiger partial charge >= 0.3 is 12.1 Å². The number of methoxy groups -OCH3 is 1. The molecule has 0 aliphatic carbocycles. The van der Waals surface area contributed by atoms with Crippen LogP contribution in [0.1, 0.15) is 21.9 Å². The van der Waals surface area contributed by atoms with E-state index < -0.39 is 18.6 Å². The van der Waals surface area contributed by atoms with Crippen molar-refractivity contribution in [2.45, 2.75) is 25.6 Å². The number of aryl methyl sites for hydroxylation is 1. The zero-order valence-electron chi connectivity index (χ0n) is 12.4. The number of imidazole rings is 1. The normalized spacial score (nSPS) is 13.4. The van der Waals surface area contributed by atoms with Crippen molar-refractivity contribution in [1.82, 2.24) is 9.55 Å². The average Bonchev–Trinajstić information content (AvgIpc) is 2.84. The number of nitrogens with zero attached hydrogens (tertiary/aromatic N) is 2. The fourth-order valence-electron chi connectivity index (χ4n) is 2.91. The molecule has 2 heterocycles. The molecule has 1 aromatic carbocycles. The molecule has 0 radical (unpaired) electrons. The zero-order chi connectivity index (χ0) is 17.6. The quantitative estimate of drug-likeness (QED) is 0.847. The van der Waals surface area contributed by atoms with Crippen LogP contribution in [-0.4, -0.2) is 33.9 Å². The Kier molecular flexibility index (Phi) is 4.06. The zero-order valence-corrected chi connectivity index (χ0v) is 14.0. The maximum Gasteiger partial charge on any atom is 0.394 e. The van der Waals surface area contributed by atoms with E-state index in [-0.39, 0.29) is 23.8 Å². The average molecular weight is 405 g/mol. The number of hydrogen-bond donors (Lipinski definition) is 1. The van der Waals surface area contributed by atoms with Gasteiger partial charge in [-0.05, 0) is 40.0 Å². The number of carbonyl (C=O) groups is 1. The standard InChI is InChI=1S/C15H12BrF3N2O3/c1-24-11-4-7-2-3-21-12(8(7)5-9(11)16)10(6-15(17,18)19)20-13(21)14(22)23/h4-5H,2-3,6H2,1H3,(H,22,23). The Morgan fingerprint density at radius 1 is 1.46 bits per heavy atom. The number of alkyl halides is 3. The highest BCUT2D eigenvalue weighted by molar-refractivity contribution is 9.10. The lowest BCUT2D eigenvalue weighted by molar-refractivity contribution is -0.127. The number of carboxylic acids is 1. The van der Waals surface area contributed by atoms with Crippen LogP contribution in [0.25, 0.3) is 11.3 Å². The van der Waals surface area contributed by atoms with Crippen molar-refractivity contribution in [2.24, 2.45) is 0 Å². The van der Waals surface area contributed by atoms with Crippen LogP contribution in [-0.2, 0) is 19.4 Å². The molecule has 3 rings (SSSR count). The summed E-state index contributed by atoms with van der Waals surface area (Å²) in [5.41, 5.74) is 1.25. The van der Waals surface area contributed by atoms with Gasteiger partial charge in [0, 0.05) is 12.1 Å². The van der Waals surface area contributed by atoms with E-state index >= 15 is 0 Å². The Morgan fingerprint density at radius 3 is 2.75 bits per heavy atom. The Bertz CT molecular complexity index is 830. The summed E-state index contributed by atoms with van der Waals surface area (Å²) in [5, 5.41) is 9.24. The van der Waals surface area contributed by atoms with Crippen molar-refractivity contribution in [3.05, 3.63) is 33.7 Å². The van der Waals surface area contributed by atoms with Crippen molar-refractivity contribution in [3.8, 4) is 17.0 Å². The summed E-state index contributed by atoms with van der Waals surface area (Å²) < 4.78 is 45.7. The third-order valence-electron chi connectivity index (χ3n) is 3.84. The summed E-state index contributed by atoms with van der Waals surface area (Å²) in [6.45, 7) is 0.250. The highest BCUT2D eigenvalue weighted by Gasteiger charge is 2.35. The molecular formula is C15H12BrF3N2O3. The van der Waals surface area contributed by atoms with Gasteiger partial charge in [-0.1, -0.05) is 0 Å². The van der Waals surface area contributed by atoms with Gasteiger partial charge in [0.1, 0.15) is 5.75 Å². The number of rotatable bonds is 3. The highest BCUT2D eigenvalue weighted by atomic mass is 79.9. The van der Waals surface area contributed by atoms with Gasteiger partial charge in [-0.3, -0.25) is 0 Å². The first-order chi connectivity index (χ1) is 11.2. The van der Waals surface area contributed by atoms with E-state index in [1.807, 2.05) is 0 Å². The first-order valence-corrected chi connectivity index (χ1v) is 7.77. The molecule has 0 unspecified atom stereocenters. The van der Waals surface area contributed by atoms with Gasteiger partial charge in [-0.25, -0.2) is 9.78 Å². The fourth-order valence-corrected chi connectivity index (χ4v) is 3.41. The van der Waals surface area contributed by atoms with Gasteiger partial charge in [-0.15, -0.1) is 0 Å². The van der Waals surface area contributed by atoms with Crippen LogP contribution in [0, 0.1) is 0 Å². The number of halogens is 4.